The zero-order valence-corrected chi connectivity index (χ0v) is 8.68. The van der Waals surface area contributed by atoms with Gasteiger partial charge < -0.3 is 5.73 Å². The Morgan fingerprint density at radius 2 is 1.71 bits per heavy atom. The van der Waals surface area contributed by atoms with Crippen LogP contribution >= 0.6 is 0 Å². The van der Waals surface area contributed by atoms with Crippen LogP contribution in [0.1, 0.15) is 17.2 Å². The Kier molecular flexibility index (Phi) is 3.31. The summed E-state index contributed by atoms with van der Waals surface area (Å²) in [5.41, 5.74) is 15.5. The number of nitrogens with one attached hydrogen (secondary N) is 4. The topological polar surface area (TPSA) is 74.1 Å². The summed E-state index contributed by atoms with van der Waals surface area (Å²) in [6, 6.07) is 4.42. The molecule has 0 aliphatic carbocycles. The molecule has 0 aromatic heterocycles. The molecule has 1 aromatic carbocycles. The maximum Gasteiger partial charge on any atom is 0.416 e. The van der Waals surface area contributed by atoms with E-state index in [1.807, 2.05) is 0 Å². The molecule has 8 heteroatoms. The van der Waals surface area contributed by atoms with Crippen molar-refractivity contribution in [2.75, 3.05) is 0 Å². The van der Waals surface area contributed by atoms with Crippen LogP contribution in [0, 0.1) is 0 Å². The van der Waals surface area contributed by atoms with Gasteiger partial charge in [0.25, 0.3) is 0 Å². The number of halogens is 3. The fourth-order valence-corrected chi connectivity index (χ4v) is 1.67. The van der Waals surface area contributed by atoms with Crippen LogP contribution < -0.4 is 27.7 Å². The lowest BCUT2D eigenvalue weighted by Gasteiger charge is -2.22. The van der Waals surface area contributed by atoms with E-state index >= 15 is 0 Å². The first-order chi connectivity index (χ1) is 8.00. The molecule has 0 bridgehead atoms. The predicted octanol–water partition coefficient (Wildman–Crippen LogP) is 0.148. The minimum absolute atomic E-state index is 0.0375. The summed E-state index contributed by atoms with van der Waals surface area (Å²) < 4.78 is 38.3. The largest absolute Gasteiger partial charge is 0.416 e. The summed E-state index contributed by atoms with van der Waals surface area (Å²) in [5.74, 6) is 0. The van der Waals surface area contributed by atoms with Gasteiger partial charge in [-0.1, -0.05) is 18.2 Å². The average molecular weight is 247 g/mol. The van der Waals surface area contributed by atoms with Gasteiger partial charge in [0.05, 0.1) is 11.6 Å². The monoisotopic (exact) mass is 247 g/mol. The van der Waals surface area contributed by atoms with E-state index in [-0.39, 0.29) is 5.56 Å². The van der Waals surface area contributed by atoms with Gasteiger partial charge in [0.15, 0.2) is 0 Å². The Morgan fingerprint density at radius 3 is 2.29 bits per heavy atom. The van der Waals surface area contributed by atoms with Crippen molar-refractivity contribution >= 4 is 0 Å². The van der Waals surface area contributed by atoms with Crippen molar-refractivity contribution in [1.82, 2.24) is 21.9 Å². The molecule has 5 nitrogen and oxygen atoms in total. The first kappa shape index (κ1) is 12.3. The predicted molar refractivity (Wildman–Crippen MR) is 54.7 cm³/mol. The summed E-state index contributed by atoms with van der Waals surface area (Å²) >= 11 is 0. The molecule has 1 unspecified atom stereocenters. The number of nitrogens with two attached hydrogens (primary N) is 1. The number of benzene rings is 1. The highest BCUT2D eigenvalue weighted by Gasteiger charge is 2.36. The Morgan fingerprint density at radius 1 is 1.12 bits per heavy atom. The van der Waals surface area contributed by atoms with Gasteiger partial charge in [-0.2, -0.15) is 24.2 Å². The summed E-state index contributed by atoms with van der Waals surface area (Å²) in [5, 5.41) is 0. The highest BCUT2D eigenvalue weighted by molar-refractivity contribution is 5.33. The number of alkyl halides is 3. The van der Waals surface area contributed by atoms with Crippen LogP contribution in [0.2, 0.25) is 0 Å². The van der Waals surface area contributed by atoms with Crippen molar-refractivity contribution in [2.24, 2.45) is 5.73 Å². The molecule has 1 aliphatic rings. The number of hydrogen-bond acceptors (Lipinski definition) is 5. The molecule has 1 aromatic rings. The lowest BCUT2D eigenvalue weighted by molar-refractivity contribution is -0.138. The minimum Gasteiger partial charge on any atom is -0.321 e. The molecular weight excluding hydrogens is 235 g/mol. The smallest absolute Gasteiger partial charge is 0.321 e. The molecule has 2 rings (SSSR count). The SMILES string of the molecule is NC(c1ccccc1C(F)(F)F)C1NNNN1. The minimum atomic E-state index is -4.41. The molecular formula is C9H12F3N5. The van der Waals surface area contributed by atoms with E-state index in [1.54, 1.807) is 0 Å². The number of hydrazine groups is 3. The Hall–Kier alpha value is -1.19. The Bertz CT molecular complexity index is 388. The van der Waals surface area contributed by atoms with Gasteiger partial charge in [-0.25, -0.2) is 10.9 Å². The molecule has 94 valence electrons. The summed E-state index contributed by atoms with van der Waals surface area (Å²) in [6.45, 7) is 0. The molecule has 0 amide bonds. The highest BCUT2D eigenvalue weighted by Crippen LogP contribution is 2.34. The van der Waals surface area contributed by atoms with E-state index in [4.69, 9.17) is 5.73 Å². The van der Waals surface area contributed by atoms with E-state index in [1.165, 1.54) is 18.2 Å². The van der Waals surface area contributed by atoms with Crippen molar-refractivity contribution in [3.63, 3.8) is 0 Å². The maximum absolute atomic E-state index is 12.8. The molecule has 1 aliphatic heterocycles. The maximum atomic E-state index is 12.8. The summed E-state index contributed by atoms with van der Waals surface area (Å²) in [4.78, 5) is 0. The van der Waals surface area contributed by atoms with Gasteiger partial charge in [0, 0.05) is 0 Å². The van der Waals surface area contributed by atoms with Crippen molar-refractivity contribution in [3.8, 4) is 0 Å². The normalized spacial score (nSPS) is 19.5. The summed E-state index contributed by atoms with van der Waals surface area (Å²) in [6.07, 6.45) is -4.94. The second kappa shape index (κ2) is 4.59. The molecule has 0 radical (unpaired) electrons. The Labute approximate surface area is 95.5 Å². The highest BCUT2D eigenvalue weighted by atomic mass is 19.4. The van der Waals surface area contributed by atoms with Crippen molar-refractivity contribution in [2.45, 2.75) is 18.4 Å². The molecule has 1 fully saturated rings. The number of hydrogen-bond donors (Lipinski definition) is 5. The molecule has 0 saturated carbocycles. The third-order valence-electron chi connectivity index (χ3n) is 2.50. The van der Waals surface area contributed by atoms with E-state index in [0.29, 0.717) is 0 Å². The second-order valence-corrected chi connectivity index (χ2v) is 3.63. The van der Waals surface area contributed by atoms with Crippen LogP contribution in [-0.4, -0.2) is 6.17 Å². The van der Waals surface area contributed by atoms with Crippen LogP contribution in [0.3, 0.4) is 0 Å². The fraction of sp³-hybridized carbons (Fsp3) is 0.333. The number of rotatable bonds is 2. The van der Waals surface area contributed by atoms with Gasteiger partial charge >= 0.3 is 6.18 Å². The van der Waals surface area contributed by atoms with E-state index in [9.17, 15) is 13.2 Å². The lowest BCUT2D eigenvalue weighted by Crippen LogP contribution is -2.44. The summed E-state index contributed by atoms with van der Waals surface area (Å²) in [7, 11) is 0. The van der Waals surface area contributed by atoms with Crippen LogP contribution in [0.15, 0.2) is 24.3 Å². The van der Waals surface area contributed by atoms with Gasteiger partial charge in [-0.3, -0.25) is 0 Å². The van der Waals surface area contributed by atoms with Crippen LogP contribution in [0.4, 0.5) is 13.2 Å². The van der Waals surface area contributed by atoms with Crippen LogP contribution in [0.5, 0.6) is 0 Å². The van der Waals surface area contributed by atoms with E-state index in [2.05, 4.69) is 21.9 Å². The van der Waals surface area contributed by atoms with Crippen LogP contribution in [0.25, 0.3) is 0 Å². The third-order valence-corrected chi connectivity index (χ3v) is 2.50. The van der Waals surface area contributed by atoms with Crippen molar-refractivity contribution in [1.29, 1.82) is 0 Å². The first-order valence-electron chi connectivity index (χ1n) is 4.93. The fourth-order valence-electron chi connectivity index (χ4n) is 1.67. The molecule has 17 heavy (non-hydrogen) atoms. The van der Waals surface area contributed by atoms with Gasteiger partial charge in [0.2, 0.25) is 0 Å². The van der Waals surface area contributed by atoms with Crippen molar-refractivity contribution in [3.05, 3.63) is 35.4 Å². The molecule has 0 spiro atoms. The molecule has 1 saturated heterocycles. The zero-order valence-electron chi connectivity index (χ0n) is 8.68. The quantitative estimate of drug-likeness (QED) is 0.514. The zero-order chi connectivity index (χ0) is 12.5. The second-order valence-electron chi connectivity index (χ2n) is 3.63. The lowest BCUT2D eigenvalue weighted by atomic mass is 9.99. The average Bonchev–Trinajstić information content (AvgIpc) is 2.80. The first-order valence-corrected chi connectivity index (χ1v) is 4.93. The van der Waals surface area contributed by atoms with Crippen molar-refractivity contribution < 1.29 is 13.2 Å². The molecule has 6 N–H and O–H groups in total. The molecule has 1 atom stereocenters. The van der Waals surface area contributed by atoms with Gasteiger partial charge in [0.1, 0.15) is 6.17 Å². The van der Waals surface area contributed by atoms with E-state index in [0.717, 1.165) is 6.07 Å². The molecule has 1 heterocycles. The third kappa shape index (κ3) is 2.56. The standard InChI is InChI=1S/C9H12F3N5/c10-9(11,12)6-4-2-1-3-5(6)7(13)8-14-16-17-15-8/h1-4,7-8,14-17H,13H2. The van der Waals surface area contributed by atoms with Gasteiger partial charge in [-0.05, 0) is 11.6 Å². The van der Waals surface area contributed by atoms with E-state index < -0.39 is 23.9 Å². The Balaban J connectivity index is 2.31. The van der Waals surface area contributed by atoms with Gasteiger partial charge in [-0.15, -0.1) is 0 Å². The van der Waals surface area contributed by atoms with Crippen LogP contribution in [-0.2, 0) is 6.18 Å².